The zero-order valence-corrected chi connectivity index (χ0v) is 18.5. The number of hydrogen-bond donors (Lipinski definition) is 1. The second kappa shape index (κ2) is 9.82. The van der Waals surface area contributed by atoms with Crippen LogP contribution < -0.4 is 10.2 Å². The van der Waals surface area contributed by atoms with Crippen LogP contribution in [-0.2, 0) is 16.1 Å². The fourth-order valence-electron chi connectivity index (χ4n) is 3.56. The fourth-order valence-corrected chi connectivity index (χ4v) is 3.97. The van der Waals surface area contributed by atoms with E-state index in [1.165, 1.54) is 0 Å². The Morgan fingerprint density at radius 1 is 0.967 bits per heavy atom. The number of benzene rings is 3. The molecule has 0 unspecified atom stereocenters. The summed E-state index contributed by atoms with van der Waals surface area (Å²) in [6.07, 6.45) is -1.37. The molecular formula is C23H21Cl3N2O2. The number of carbonyl (C=O) groups excluding carboxylic acids is 1. The second-order valence-electron chi connectivity index (χ2n) is 6.82. The molecule has 4 nitrogen and oxygen atoms in total. The number of nitrogens with one attached hydrogen (secondary N) is 1. The molecule has 0 aliphatic carbocycles. The van der Waals surface area contributed by atoms with Gasteiger partial charge in [0.2, 0.25) is 0 Å². The Morgan fingerprint density at radius 2 is 1.67 bits per heavy atom. The lowest BCUT2D eigenvalue weighted by molar-refractivity contribution is -0.134. The summed E-state index contributed by atoms with van der Waals surface area (Å²) < 4.78 is 6.24. The van der Waals surface area contributed by atoms with Gasteiger partial charge >= 0.3 is 0 Å². The number of rotatable bonds is 4. The molecule has 1 aliphatic rings. The van der Waals surface area contributed by atoms with E-state index in [4.69, 9.17) is 27.9 Å². The highest BCUT2D eigenvalue weighted by Gasteiger charge is 2.36. The van der Waals surface area contributed by atoms with Gasteiger partial charge in [0.05, 0.1) is 12.2 Å². The van der Waals surface area contributed by atoms with Gasteiger partial charge in [0.25, 0.3) is 5.91 Å². The maximum Gasteiger partial charge on any atom is 0.271 e. The van der Waals surface area contributed by atoms with Crippen molar-refractivity contribution in [3.05, 3.63) is 99.5 Å². The highest BCUT2D eigenvalue weighted by Crippen LogP contribution is 2.41. The minimum absolute atomic E-state index is 0. The van der Waals surface area contributed by atoms with Gasteiger partial charge in [0, 0.05) is 21.2 Å². The quantitative estimate of drug-likeness (QED) is 0.546. The molecule has 1 N–H and O–H groups in total. The SMILES string of the molecule is CN[C@H]1O[C@H](c2ccccc2Cl)c2cc(Cl)ccc2N(Cc2ccccc2)C1=O.Cl. The molecule has 1 aliphatic heterocycles. The Hall–Kier alpha value is -2.08. The molecular weight excluding hydrogens is 443 g/mol. The lowest BCUT2D eigenvalue weighted by atomic mass is 9.99. The Kier molecular flexibility index (Phi) is 7.40. The monoisotopic (exact) mass is 462 g/mol. The number of carbonyl (C=O) groups is 1. The molecule has 3 aromatic carbocycles. The molecule has 1 amide bonds. The van der Waals surface area contributed by atoms with E-state index < -0.39 is 12.3 Å². The van der Waals surface area contributed by atoms with E-state index in [2.05, 4.69) is 5.32 Å². The van der Waals surface area contributed by atoms with Crippen LogP contribution in [0.2, 0.25) is 10.0 Å². The zero-order chi connectivity index (χ0) is 20.4. The lowest BCUT2D eigenvalue weighted by Gasteiger charge is -2.25. The fraction of sp³-hybridized carbons (Fsp3) is 0.174. The average Bonchev–Trinajstić information content (AvgIpc) is 2.84. The second-order valence-corrected chi connectivity index (χ2v) is 7.66. The third kappa shape index (κ3) is 4.48. The summed E-state index contributed by atoms with van der Waals surface area (Å²) in [4.78, 5) is 15.1. The summed E-state index contributed by atoms with van der Waals surface area (Å²) in [6.45, 7) is 0.422. The maximum atomic E-state index is 13.4. The van der Waals surface area contributed by atoms with Gasteiger partial charge in [0.15, 0.2) is 6.23 Å². The largest absolute Gasteiger partial charge is 0.341 e. The summed E-state index contributed by atoms with van der Waals surface area (Å²) in [5.41, 5.74) is 3.36. The predicted molar refractivity (Wildman–Crippen MR) is 124 cm³/mol. The third-order valence-electron chi connectivity index (χ3n) is 4.96. The number of hydrogen-bond acceptors (Lipinski definition) is 3. The van der Waals surface area contributed by atoms with Crippen LogP contribution in [0.15, 0.2) is 72.8 Å². The lowest BCUT2D eigenvalue weighted by Crippen LogP contribution is -2.45. The van der Waals surface area contributed by atoms with Crippen LogP contribution in [0.25, 0.3) is 0 Å². The van der Waals surface area contributed by atoms with Crippen molar-refractivity contribution in [1.82, 2.24) is 5.32 Å². The number of anilines is 1. The first-order valence-corrected chi connectivity index (χ1v) is 10.1. The molecule has 0 spiro atoms. The number of ether oxygens (including phenoxy) is 1. The first-order chi connectivity index (χ1) is 14.1. The smallest absolute Gasteiger partial charge is 0.271 e. The molecule has 0 radical (unpaired) electrons. The Labute approximate surface area is 192 Å². The van der Waals surface area contributed by atoms with E-state index in [1.807, 2.05) is 66.7 Å². The maximum absolute atomic E-state index is 13.4. The number of likely N-dealkylation sites (N-methyl/N-ethyl adjacent to an activating group) is 1. The first kappa shape index (κ1) is 22.6. The first-order valence-electron chi connectivity index (χ1n) is 9.30. The molecule has 3 aromatic rings. The van der Waals surface area contributed by atoms with Crippen molar-refractivity contribution in [3.8, 4) is 0 Å². The summed E-state index contributed by atoms with van der Waals surface area (Å²) in [5, 5.41) is 4.13. The summed E-state index contributed by atoms with van der Waals surface area (Å²) in [7, 11) is 1.70. The van der Waals surface area contributed by atoms with E-state index in [9.17, 15) is 4.79 Å². The van der Waals surface area contributed by atoms with E-state index in [0.717, 1.165) is 22.4 Å². The minimum atomic E-state index is -0.828. The van der Waals surface area contributed by atoms with Gasteiger partial charge in [-0.2, -0.15) is 0 Å². The van der Waals surface area contributed by atoms with Crippen molar-refractivity contribution in [3.63, 3.8) is 0 Å². The van der Waals surface area contributed by atoms with Gasteiger partial charge in [-0.3, -0.25) is 10.1 Å². The molecule has 30 heavy (non-hydrogen) atoms. The number of fused-ring (bicyclic) bond motifs is 1. The van der Waals surface area contributed by atoms with Gasteiger partial charge in [-0.15, -0.1) is 12.4 Å². The van der Waals surface area contributed by atoms with Gasteiger partial charge in [-0.05, 0) is 36.9 Å². The van der Waals surface area contributed by atoms with Crippen molar-refractivity contribution in [2.24, 2.45) is 0 Å². The highest BCUT2D eigenvalue weighted by atomic mass is 35.5. The van der Waals surface area contributed by atoms with Gasteiger partial charge in [0.1, 0.15) is 6.10 Å². The normalized spacial score (nSPS) is 18.4. The Bertz CT molecular complexity index is 1030. The van der Waals surface area contributed by atoms with Crippen LogP contribution in [0.1, 0.15) is 22.8 Å². The molecule has 0 saturated heterocycles. The van der Waals surface area contributed by atoms with Crippen molar-refractivity contribution < 1.29 is 9.53 Å². The molecule has 0 fully saturated rings. The van der Waals surface area contributed by atoms with E-state index >= 15 is 0 Å². The van der Waals surface area contributed by atoms with Crippen molar-refractivity contribution in [1.29, 1.82) is 0 Å². The van der Waals surface area contributed by atoms with Crippen molar-refractivity contribution >= 4 is 47.2 Å². The Morgan fingerprint density at radius 3 is 2.37 bits per heavy atom. The molecule has 0 saturated carbocycles. The Balaban J connectivity index is 0.00000256. The zero-order valence-electron chi connectivity index (χ0n) is 16.2. The molecule has 0 bridgehead atoms. The molecule has 156 valence electrons. The molecule has 7 heteroatoms. The minimum Gasteiger partial charge on any atom is -0.341 e. The summed E-state index contributed by atoms with van der Waals surface area (Å²) in [5.74, 6) is -0.172. The van der Waals surface area contributed by atoms with Gasteiger partial charge in [-0.25, -0.2) is 0 Å². The van der Waals surface area contributed by atoms with Crippen LogP contribution in [0.5, 0.6) is 0 Å². The van der Waals surface area contributed by atoms with Crippen molar-refractivity contribution in [2.75, 3.05) is 11.9 Å². The van der Waals surface area contributed by atoms with E-state index in [1.54, 1.807) is 18.0 Å². The van der Waals surface area contributed by atoms with Crippen LogP contribution in [-0.4, -0.2) is 19.2 Å². The molecule has 0 aromatic heterocycles. The van der Waals surface area contributed by atoms with Gasteiger partial charge < -0.3 is 9.64 Å². The highest BCUT2D eigenvalue weighted by molar-refractivity contribution is 6.31. The standard InChI is InChI=1S/C23H20Cl2N2O2.ClH/c1-26-22-23(28)27(14-15-7-3-2-4-8-15)20-12-11-16(24)13-18(20)21(29-22)17-9-5-6-10-19(17)25;/h2-13,21-22,26H,14H2,1H3;1H/t21-,22+;/m1./s1. The summed E-state index contributed by atoms with van der Waals surface area (Å²) >= 11 is 12.8. The molecule has 1 heterocycles. The van der Waals surface area contributed by atoms with Crippen molar-refractivity contribution in [2.45, 2.75) is 18.9 Å². The number of amides is 1. The number of halogens is 3. The predicted octanol–water partition coefficient (Wildman–Crippen LogP) is 5.61. The summed E-state index contributed by atoms with van der Waals surface area (Å²) in [6, 6.07) is 22.8. The van der Waals surface area contributed by atoms with Gasteiger partial charge in [-0.1, -0.05) is 71.7 Å². The van der Waals surface area contributed by atoms with E-state index in [-0.39, 0.29) is 18.3 Å². The molecule has 2 atom stereocenters. The van der Waals surface area contributed by atoms with E-state index in [0.29, 0.717) is 16.6 Å². The van der Waals surface area contributed by atoms with Crippen LogP contribution >= 0.6 is 35.6 Å². The third-order valence-corrected chi connectivity index (χ3v) is 5.54. The van der Waals surface area contributed by atoms with Crippen LogP contribution in [0, 0.1) is 0 Å². The average molecular weight is 464 g/mol. The topological polar surface area (TPSA) is 41.6 Å². The molecule has 4 rings (SSSR count). The van der Waals surface area contributed by atoms with Crippen LogP contribution in [0.4, 0.5) is 5.69 Å². The van der Waals surface area contributed by atoms with Crippen LogP contribution in [0.3, 0.4) is 0 Å². The number of nitrogens with zero attached hydrogens (tertiary/aromatic N) is 1.